The number of rotatable bonds is 5. The van der Waals surface area contributed by atoms with Crippen molar-refractivity contribution in [1.29, 1.82) is 0 Å². The molecule has 0 spiro atoms. The molecule has 0 aliphatic heterocycles. The van der Waals surface area contributed by atoms with Gasteiger partial charge in [-0.05, 0) is 12.1 Å². The van der Waals surface area contributed by atoms with Crippen LogP contribution >= 0.6 is 0 Å². The third-order valence-corrected chi connectivity index (χ3v) is 8.58. The lowest BCUT2D eigenvalue weighted by Gasteiger charge is -2.44. The summed E-state index contributed by atoms with van der Waals surface area (Å²) < 4.78 is 296. The molecule has 0 N–H and O–H groups in total. The molecule has 1 heterocycles. The summed E-state index contributed by atoms with van der Waals surface area (Å²) in [7, 11) is 1.66. The zero-order valence-corrected chi connectivity index (χ0v) is 27.0. The van der Waals surface area contributed by atoms with Crippen LogP contribution in [0.3, 0.4) is 0 Å². The molecule has 6 aromatic rings. The molecule has 0 radical (unpaired) electrons. The van der Waals surface area contributed by atoms with Gasteiger partial charge in [-0.1, -0.05) is 12.1 Å². The van der Waals surface area contributed by atoms with Gasteiger partial charge in [0, 0.05) is 16.9 Å². The molecule has 0 fully saturated rings. The molecule has 57 heavy (non-hydrogen) atoms. The van der Waals surface area contributed by atoms with Gasteiger partial charge in [0.25, 0.3) is 5.52 Å². The number of benzene rings is 5. The Bertz CT molecular complexity index is 2250. The SMILES string of the molecule is CO[n+]1cccc2ccccc21.Fc1c(F)c(F)c([B-](c2c(F)c(F)c(F)c(F)c2F)(c2c(F)c(F)c(F)c(F)c2F)c2c(F)c(F)c(F)c(F)c2F)c(F)c1F. The summed E-state index contributed by atoms with van der Waals surface area (Å²) >= 11 is 0. The van der Waals surface area contributed by atoms with Gasteiger partial charge >= 0.3 is 0 Å². The van der Waals surface area contributed by atoms with Gasteiger partial charge in [-0.25, -0.2) is 87.8 Å². The molecule has 0 amide bonds. The summed E-state index contributed by atoms with van der Waals surface area (Å²) in [6.45, 7) is 0. The van der Waals surface area contributed by atoms with Crippen LogP contribution in [0.25, 0.3) is 10.9 Å². The Hall–Kier alpha value is -6.03. The lowest BCUT2D eigenvalue weighted by Crippen LogP contribution is -2.81. The van der Waals surface area contributed by atoms with Crippen LogP contribution in [0.5, 0.6) is 0 Å². The molecule has 0 aliphatic carbocycles. The third kappa shape index (κ3) is 6.13. The Kier molecular flexibility index (Phi) is 11.2. The second-order valence-electron chi connectivity index (χ2n) is 11.4. The topological polar surface area (TPSA) is 13.1 Å². The zero-order chi connectivity index (χ0) is 42.7. The maximum atomic E-state index is 15.4. The highest BCUT2D eigenvalue weighted by Crippen LogP contribution is 2.30. The van der Waals surface area contributed by atoms with E-state index in [2.05, 4.69) is 12.1 Å². The monoisotopic (exact) mass is 839 g/mol. The number of pyridine rings is 1. The highest BCUT2D eigenvalue weighted by Gasteiger charge is 2.52. The van der Waals surface area contributed by atoms with Gasteiger partial charge in [0.05, 0.1) is 5.39 Å². The molecular formula is C34H10BF20NO. The fraction of sp³-hybridized carbons (Fsp3) is 0.0294. The number of halogens is 20. The molecule has 300 valence electrons. The standard InChI is InChI=1S/C24BF20.C10H10NO/c26-5-1(6(27)14(35)21(42)13(5)34)25(2-7(28)15(36)22(43)16(37)8(2)29,3-9(30)17(38)23(44)18(39)10(3)31)4-11(32)19(40)24(45)20(41)12(4)33;1-12-11-8-4-6-9-5-2-3-7-10(9)11/h;2-8H,1H3/q-1;+1. The van der Waals surface area contributed by atoms with Crippen LogP contribution in [0, 0.1) is 116 Å². The lowest BCUT2D eigenvalue weighted by molar-refractivity contribution is -0.865. The molecule has 0 saturated heterocycles. The molecule has 1 aromatic heterocycles. The van der Waals surface area contributed by atoms with Crippen LogP contribution in [-0.2, 0) is 0 Å². The normalized spacial score (nSPS) is 11.6. The molecule has 0 saturated carbocycles. The predicted molar refractivity (Wildman–Crippen MR) is 156 cm³/mol. The van der Waals surface area contributed by atoms with Crippen LogP contribution in [-0.4, -0.2) is 13.3 Å². The van der Waals surface area contributed by atoms with E-state index in [9.17, 15) is 52.7 Å². The molecule has 0 aliphatic rings. The van der Waals surface area contributed by atoms with Gasteiger partial charge in [0.15, 0.2) is 69.8 Å². The predicted octanol–water partition coefficient (Wildman–Crippen LogP) is 7.03. The van der Waals surface area contributed by atoms with Gasteiger partial charge < -0.3 is 0 Å². The average molecular weight is 839 g/mol. The Morgan fingerprint density at radius 1 is 0.333 bits per heavy atom. The van der Waals surface area contributed by atoms with E-state index >= 15 is 35.1 Å². The number of fused-ring (bicyclic) bond motifs is 1. The van der Waals surface area contributed by atoms with Crippen molar-refractivity contribution in [3.05, 3.63) is 159 Å². The number of aromatic nitrogens is 1. The van der Waals surface area contributed by atoms with Crippen molar-refractivity contribution in [1.82, 2.24) is 0 Å². The van der Waals surface area contributed by atoms with E-state index in [0.29, 0.717) is 0 Å². The van der Waals surface area contributed by atoms with Gasteiger partial charge in [-0.3, -0.25) is 4.84 Å². The molecule has 2 nitrogen and oxygen atoms in total. The fourth-order valence-electron chi connectivity index (χ4n) is 6.17. The van der Waals surface area contributed by atoms with E-state index < -0.39 is 144 Å². The number of hydrogen-bond donors (Lipinski definition) is 0. The molecule has 0 atom stereocenters. The van der Waals surface area contributed by atoms with E-state index in [0.717, 1.165) is 5.52 Å². The molecular weight excluding hydrogens is 829 g/mol. The van der Waals surface area contributed by atoms with E-state index in [1.165, 1.54) is 5.39 Å². The molecule has 23 heteroatoms. The van der Waals surface area contributed by atoms with E-state index in [4.69, 9.17) is 4.84 Å². The van der Waals surface area contributed by atoms with Gasteiger partial charge in [0.1, 0.15) is 59.8 Å². The van der Waals surface area contributed by atoms with Crippen molar-refractivity contribution in [2.75, 3.05) is 7.11 Å². The van der Waals surface area contributed by atoms with Crippen molar-refractivity contribution in [2.45, 2.75) is 0 Å². The highest BCUT2D eigenvalue weighted by atomic mass is 19.2. The van der Waals surface area contributed by atoms with Crippen molar-refractivity contribution in [3.63, 3.8) is 0 Å². The summed E-state index contributed by atoms with van der Waals surface area (Å²) in [6.07, 6.45) is -5.33. The van der Waals surface area contributed by atoms with Crippen LogP contribution in [0.4, 0.5) is 87.8 Å². The van der Waals surface area contributed by atoms with Crippen LogP contribution in [0.1, 0.15) is 0 Å². The van der Waals surface area contributed by atoms with Crippen LogP contribution in [0.15, 0.2) is 42.6 Å². The summed E-state index contributed by atoms with van der Waals surface area (Å²) in [5, 5.41) is 1.18. The molecule has 6 rings (SSSR count). The average Bonchev–Trinajstić information content (AvgIpc) is 3.20. The van der Waals surface area contributed by atoms with Crippen molar-refractivity contribution < 1.29 is 97.4 Å². The van der Waals surface area contributed by atoms with E-state index in [1.807, 2.05) is 30.5 Å². The van der Waals surface area contributed by atoms with Crippen LogP contribution < -0.4 is 31.4 Å². The van der Waals surface area contributed by atoms with Gasteiger partial charge in [0.2, 0.25) is 6.20 Å². The summed E-state index contributed by atoms with van der Waals surface area (Å²) in [4.78, 5) is 5.14. The number of para-hydroxylation sites is 1. The maximum absolute atomic E-state index is 15.4. The first-order chi connectivity index (χ1) is 26.6. The highest BCUT2D eigenvalue weighted by molar-refractivity contribution is 7.20. The van der Waals surface area contributed by atoms with Crippen molar-refractivity contribution >= 4 is 38.9 Å². The number of hydrogen-bond acceptors (Lipinski definition) is 1. The Labute approximate surface area is 302 Å². The van der Waals surface area contributed by atoms with E-state index in [-0.39, 0.29) is 0 Å². The molecule has 0 bridgehead atoms. The third-order valence-electron chi connectivity index (χ3n) is 8.58. The minimum absolute atomic E-state index is 1.09. The first-order valence-electron chi connectivity index (χ1n) is 14.8. The summed E-state index contributed by atoms with van der Waals surface area (Å²) in [6, 6.07) is 12.1. The first-order valence-corrected chi connectivity index (χ1v) is 14.8. The quantitative estimate of drug-likeness (QED) is 0.0598. The largest absolute Gasteiger partial charge is 0.274 e. The summed E-state index contributed by atoms with van der Waals surface area (Å²) in [5.74, 6) is -71.4. The van der Waals surface area contributed by atoms with Crippen molar-refractivity contribution in [3.8, 4) is 0 Å². The van der Waals surface area contributed by atoms with Crippen LogP contribution in [0.2, 0.25) is 0 Å². The summed E-state index contributed by atoms with van der Waals surface area (Å²) in [5.41, 5.74) is -13.2. The number of nitrogens with zero attached hydrogens (tertiary/aromatic N) is 1. The minimum atomic E-state index is -7.22. The second kappa shape index (κ2) is 15.1. The Morgan fingerprint density at radius 2 is 0.561 bits per heavy atom. The van der Waals surface area contributed by atoms with Crippen molar-refractivity contribution in [2.24, 2.45) is 0 Å². The van der Waals surface area contributed by atoms with E-state index in [1.54, 1.807) is 11.8 Å². The Balaban J connectivity index is 0.000000436. The first kappa shape index (κ1) is 42.1. The minimum Gasteiger partial charge on any atom is -0.274 e. The second-order valence-corrected chi connectivity index (χ2v) is 11.4. The maximum Gasteiger partial charge on any atom is 0.264 e. The van der Waals surface area contributed by atoms with Gasteiger partial charge in [-0.15, -0.1) is 21.9 Å². The molecule has 5 aromatic carbocycles. The zero-order valence-electron chi connectivity index (χ0n) is 27.0. The Morgan fingerprint density at radius 3 is 0.825 bits per heavy atom. The smallest absolute Gasteiger partial charge is 0.264 e. The lowest BCUT2D eigenvalue weighted by atomic mass is 9.12. The fourth-order valence-corrected chi connectivity index (χ4v) is 6.17. The van der Waals surface area contributed by atoms with Gasteiger partial charge in [-0.2, -0.15) is 0 Å². The molecule has 0 unspecified atom stereocenters.